The lowest BCUT2D eigenvalue weighted by atomic mass is 9.91. The monoisotopic (exact) mass is 248 g/mol. The maximum absolute atomic E-state index is 4.53. The first-order valence-corrected chi connectivity index (χ1v) is 6.98. The van der Waals surface area contributed by atoms with E-state index >= 15 is 0 Å². The van der Waals surface area contributed by atoms with E-state index in [0.717, 1.165) is 31.3 Å². The lowest BCUT2D eigenvalue weighted by molar-refractivity contribution is 0.323. The molecule has 4 heteroatoms. The molecule has 0 bridgehead atoms. The number of rotatable bonds is 4. The summed E-state index contributed by atoms with van der Waals surface area (Å²) in [7, 11) is 0. The number of hydrogen-bond acceptors (Lipinski definition) is 4. The summed E-state index contributed by atoms with van der Waals surface area (Å²) in [6.45, 7) is 9.68. The van der Waals surface area contributed by atoms with Crippen LogP contribution in [0.1, 0.15) is 32.5 Å². The van der Waals surface area contributed by atoms with E-state index in [1.807, 2.05) is 19.2 Å². The van der Waals surface area contributed by atoms with Crippen LogP contribution in [-0.4, -0.2) is 35.6 Å². The number of aryl methyl sites for hydroxylation is 1. The molecule has 1 saturated heterocycles. The zero-order chi connectivity index (χ0) is 13.0. The van der Waals surface area contributed by atoms with Crippen molar-refractivity contribution in [2.45, 2.75) is 39.7 Å². The Balaban J connectivity index is 2.02. The van der Waals surface area contributed by atoms with Crippen LogP contribution >= 0.6 is 0 Å². The first-order chi connectivity index (χ1) is 8.70. The Morgan fingerprint density at radius 3 is 3.11 bits per heavy atom. The second-order valence-electron chi connectivity index (χ2n) is 5.16. The molecule has 2 rings (SSSR count). The normalized spacial score (nSPS) is 21.9. The number of piperidine rings is 1. The van der Waals surface area contributed by atoms with Crippen LogP contribution in [0.15, 0.2) is 12.3 Å². The fourth-order valence-electron chi connectivity index (χ4n) is 2.73. The van der Waals surface area contributed by atoms with Crippen LogP contribution in [0.4, 0.5) is 5.82 Å². The minimum absolute atomic E-state index is 0.584. The van der Waals surface area contributed by atoms with E-state index in [9.17, 15) is 0 Å². The van der Waals surface area contributed by atoms with Crippen LogP contribution in [0.3, 0.4) is 0 Å². The molecule has 1 aromatic heterocycles. The van der Waals surface area contributed by atoms with Crippen LogP contribution in [0.5, 0.6) is 0 Å². The summed E-state index contributed by atoms with van der Waals surface area (Å²) < 4.78 is 0. The van der Waals surface area contributed by atoms with Crippen molar-refractivity contribution in [3.8, 4) is 0 Å². The highest BCUT2D eigenvalue weighted by molar-refractivity contribution is 5.38. The zero-order valence-electron chi connectivity index (χ0n) is 11.7. The summed E-state index contributed by atoms with van der Waals surface area (Å²) in [5.74, 6) is 2.65. The van der Waals surface area contributed by atoms with Crippen molar-refractivity contribution < 1.29 is 0 Å². The van der Waals surface area contributed by atoms with Gasteiger partial charge in [-0.15, -0.1) is 0 Å². The molecule has 1 N–H and O–H groups in total. The van der Waals surface area contributed by atoms with Crippen LogP contribution in [0.2, 0.25) is 0 Å². The van der Waals surface area contributed by atoms with Crippen molar-refractivity contribution in [3.05, 3.63) is 18.1 Å². The number of nitrogens with one attached hydrogen (secondary N) is 1. The highest BCUT2D eigenvalue weighted by Gasteiger charge is 2.24. The first-order valence-electron chi connectivity index (χ1n) is 6.98. The van der Waals surface area contributed by atoms with Gasteiger partial charge in [-0.05, 0) is 45.2 Å². The summed E-state index contributed by atoms with van der Waals surface area (Å²) in [5, 5.41) is 3.54. The molecule has 18 heavy (non-hydrogen) atoms. The molecule has 1 fully saturated rings. The van der Waals surface area contributed by atoms with Gasteiger partial charge in [0.2, 0.25) is 0 Å². The summed E-state index contributed by atoms with van der Waals surface area (Å²) in [4.78, 5) is 11.1. The van der Waals surface area contributed by atoms with Gasteiger partial charge in [-0.2, -0.15) is 0 Å². The van der Waals surface area contributed by atoms with Crippen molar-refractivity contribution in [2.75, 3.05) is 24.5 Å². The number of aromatic nitrogens is 2. The predicted molar refractivity (Wildman–Crippen MR) is 74.8 cm³/mol. The van der Waals surface area contributed by atoms with Crippen molar-refractivity contribution in [1.82, 2.24) is 15.3 Å². The summed E-state index contributed by atoms with van der Waals surface area (Å²) in [6, 6.07) is 2.61. The van der Waals surface area contributed by atoms with Gasteiger partial charge in [0, 0.05) is 25.3 Å². The van der Waals surface area contributed by atoms with Gasteiger partial charge < -0.3 is 10.2 Å². The molecule has 1 aromatic rings. The van der Waals surface area contributed by atoms with E-state index in [-0.39, 0.29) is 0 Å². The van der Waals surface area contributed by atoms with E-state index in [1.165, 1.54) is 12.8 Å². The Morgan fingerprint density at radius 2 is 2.39 bits per heavy atom. The third kappa shape index (κ3) is 3.19. The number of hydrogen-bond donors (Lipinski definition) is 1. The average molecular weight is 248 g/mol. The van der Waals surface area contributed by atoms with Gasteiger partial charge in [-0.1, -0.05) is 6.92 Å². The zero-order valence-corrected chi connectivity index (χ0v) is 11.7. The number of anilines is 1. The van der Waals surface area contributed by atoms with E-state index in [0.29, 0.717) is 12.0 Å². The molecule has 2 atom stereocenters. The first kappa shape index (κ1) is 13.3. The lowest BCUT2D eigenvalue weighted by Crippen LogP contribution is -2.44. The standard InChI is InChI=1S/C14H24N4/c1-4-15-11(2)13-6-5-9-18(10-13)14-7-8-16-12(3)17-14/h7-8,11,13,15H,4-6,9-10H2,1-3H3. The minimum Gasteiger partial charge on any atom is -0.356 e. The SMILES string of the molecule is CCNC(C)C1CCCN(c2ccnc(C)n2)C1. The summed E-state index contributed by atoms with van der Waals surface area (Å²) in [5.41, 5.74) is 0. The lowest BCUT2D eigenvalue weighted by Gasteiger charge is -2.36. The van der Waals surface area contributed by atoms with Crippen molar-refractivity contribution >= 4 is 5.82 Å². The molecule has 0 saturated carbocycles. The molecule has 4 nitrogen and oxygen atoms in total. The average Bonchev–Trinajstić information content (AvgIpc) is 2.39. The summed E-state index contributed by atoms with van der Waals surface area (Å²) >= 11 is 0. The largest absolute Gasteiger partial charge is 0.356 e. The Morgan fingerprint density at radius 1 is 1.56 bits per heavy atom. The van der Waals surface area contributed by atoms with E-state index in [1.54, 1.807) is 0 Å². The van der Waals surface area contributed by atoms with Gasteiger partial charge in [0.15, 0.2) is 0 Å². The second kappa shape index (κ2) is 6.14. The minimum atomic E-state index is 0.584. The van der Waals surface area contributed by atoms with Crippen LogP contribution in [0.25, 0.3) is 0 Å². The van der Waals surface area contributed by atoms with Gasteiger partial charge >= 0.3 is 0 Å². The fourth-order valence-corrected chi connectivity index (χ4v) is 2.73. The van der Waals surface area contributed by atoms with E-state index in [4.69, 9.17) is 0 Å². The van der Waals surface area contributed by atoms with Gasteiger partial charge in [-0.3, -0.25) is 0 Å². The molecule has 100 valence electrons. The fraction of sp³-hybridized carbons (Fsp3) is 0.714. The molecule has 2 heterocycles. The third-order valence-corrected chi connectivity index (χ3v) is 3.78. The maximum Gasteiger partial charge on any atom is 0.132 e. The topological polar surface area (TPSA) is 41.0 Å². The molecule has 0 aliphatic carbocycles. The smallest absolute Gasteiger partial charge is 0.132 e. The van der Waals surface area contributed by atoms with E-state index in [2.05, 4.69) is 34.0 Å². The highest BCUT2D eigenvalue weighted by Crippen LogP contribution is 2.23. The van der Waals surface area contributed by atoms with Crippen molar-refractivity contribution in [2.24, 2.45) is 5.92 Å². The Labute approximate surface area is 110 Å². The van der Waals surface area contributed by atoms with Crippen LogP contribution in [-0.2, 0) is 0 Å². The molecule has 0 amide bonds. The maximum atomic E-state index is 4.53. The molecule has 0 radical (unpaired) electrons. The van der Waals surface area contributed by atoms with Gasteiger partial charge in [0.05, 0.1) is 0 Å². The highest BCUT2D eigenvalue weighted by atomic mass is 15.2. The van der Waals surface area contributed by atoms with Gasteiger partial charge in [0.1, 0.15) is 11.6 Å². The van der Waals surface area contributed by atoms with Gasteiger partial charge in [-0.25, -0.2) is 9.97 Å². The third-order valence-electron chi connectivity index (χ3n) is 3.78. The van der Waals surface area contributed by atoms with Gasteiger partial charge in [0.25, 0.3) is 0 Å². The van der Waals surface area contributed by atoms with Crippen LogP contribution < -0.4 is 10.2 Å². The number of nitrogens with zero attached hydrogens (tertiary/aromatic N) is 3. The van der Waals surface area contributed by atoms with Crippen LogP contribution in [0, 0.1) is 12.8 Å². The molecule has 1 aliphatic rings. The molecular weight excluding hydrogens is 224 g/mol. The van der Waals surface area contributed by atoms with E-state index < -0.39 is 0 Å². The molecular formula is C14H24N4. The quantitative estimate of drug-likeness (QED) is 0.885. The predicted octanol–water partition coefficient (Wildman–Crippen LogP) is 2.00. The summed E-state index contributed by atoms with van der Waals surface area (Å²) in [6.07, 6.45) is 4.42. The molecule has 0 spiro atoms. The van der Waals surface area contributed by atoms with Crippen molar-refractivity contribution in [3.63, 3.8) is 0 Å². The molecule has 1 aliphatic heterocycles. The second-order valence-corrected chi connectivity index (χ2v) is 5.16. The Kier molecular flexibility index (Phi) is 4.53. The molecule has 2 unspecified atom stereocenters. The molecule has 0 aromatic carbocycles. The Bertz CT molecular complexity index is 380. The van der Waals surface area contributed by atoms with Crippen molar-refractivity contribution in [1.29, 1.82) is 0 Å². The Hall–Kier alpha value is -1.16.